The highest BCUT2D eigenvalue weighted by molar-refractivity contribution is 7.17. The lowest BCUT2D eigenvalue weighted by molar-refractivity contribution is 0.0701. The summed E-state index contributed by atoms with van der Waals surface area (Å²) in [7, 11) is 0. The number of aromatic carboxylic acids is 1. The van der Waals surface area contributed by atoms with Gasteiger partial charge in [0.05, 0.1) is 5.69 Å². The van der Waals surface area contributed by atoms with Crippen LogP contribution in [0, 0.1) is 24.4 Å². The molecule has 0 aliphatic rings. The molecule has 2 aromatic rings. The van der Waals surface area contributed by atoms with Gasteiger partial charge in [-0.05, 0) is 6.92 Å². The monoisotopic (exact) mass is 288 g/mol. The van der Waals surface area contributed by atoms with Crippen molar-refractivity contribution < 1.29 is 23.1 Å². The Bertz CT molecular complexity index is 634. The van der Waals surface area contributed by atoms with Crippen LogP contribution >= 0.6 is 11.3 Å². The smallest absolute Gasteiger partial charge is 0.347 e. The van der Waals surface area contributed by atoms with Gasteiger partial charge >= 0.3 is 5.97 Å². The molecule has 19 heavy (non-hydrogen) atoms. The molecule has 2 rings (SSSR count). The number of thiazole rings is 1. The molecule has 0 fully saturated rings. The van der Waals surface area contributed by atoms with E-state index in [-0.39, 0.29) is 15.7 Å². The summed E-state index contributed by atoms with van der Waals surface area (Å²) in [5.74, 6) is -4.46. The Labute approximate surface area is 109 Å². The van der Waals surface area contributed by atoms with Gasteiger partial charge in [-0.2, -0.15) is 0 Å². The molecule has 0 bridgehead atoms. The zero-order valence-corrected chi connectivity index (χ0v) is 10.3. The molecule has 1 aromatic heterocycles. The fraction of sp³-hybridized carbons (Fsp3) is 0.0909. The number of aryl methyl sites for hydroxylation is 1. The van der Waals surface area contributed by atoms with E-state index in [1.165, 1.54) is 6.92 Å². The molecule has 0 radical (unpaired) electrons. The Kier molecular flexibility index (Phi) is 3.43. The van der Waals surface area contributed by atoms with Crippen LogP contribution in [-0.2, 0) is 0 Å². The summed E-state index contributed by atoms with van der Waals surface area (Å²) in [6.07, 6.45) is 0. The summed E-state index contributed by atoms with van der Waals surface area (Å²) in [5.41, 5.74) is -0.352. The second-order valence-electron chi connectivity index (χ2n) is 3.61. The predicted molar refractivity (Wildman–Crippen MR) is 63.4 cm³/mol. The van der Waals surface area contributed by atoms with Gasteiger partial charge in [-0.15, -0.1) is 0 Å². The molecule has 1 aromatic carbocycles. The molecule has 4 nitrogen and oxygen atoms in total. The number of halogens is 3. The molecule has 0 spiro atoms. The number of nitrogens with zero attached hydrogens (tertiary/aromatic N) is 1. The van der Waals surface area contributed by atoms with E-state index in [0.29, 0.717) is 12.1 Å². The van der Waals surface area contributed by atoms with Crippen molar-refractivity contribution in [3.8, 4) is 0 Å². The van der Waals surface area contributed by atoms with Gasteiger partial charge in [-0.3, -0.25) is 0 Å². The van der Waals surface area contributed by atoms with E-state index in [1.807, 2.05) is 0 Å². The quantitative estimate of drug-likeness (QED) is 0.909. The highest BCUT2D eigenvalue weighted by Crippen LogP contribution is 2.29. The minimum atomic E-state index is -1.18. The number of carboxylic acid groups (broad SMARTS) is 1. The van der Waals surface area contributed by atoms with E-state index in [4.69, 9.17) is 5.11 Å². The lowest BCUT2D eigenvalue weighted by atomic mass is 10.3. The van der Waals surface area contributed by atoms with Crippen LogP contribution in [0.2, 0.25) is 0 Å². The first-order valence-corrected chi connectivity index (χ1v) is 5.82. The number of nitrogens with one attached hydrogen (secondary N) is 1. The SMILES string of the molecule is Cc1nc(Nc2c(F)cc(F)cc2F)sc1C(=O)O. The van der Waals surface area contributed by atoms with Crippen molar-refractivity contribution in [2.75, 3.05) is 5.32 Å². The number of aromatic nitrogens is 1. The largest absolute Gasteiger partial charge is 0.477 e. The average molecular weight is 288 g/mol. The molecular formula is C11H7F3N2O2S. The molecular weight excluding hydrogens is 281 g/mol. The first-order chi connectivity index (χ1) is 8.88. The van der Waals surface area contributed by atoms with Gasteiger partial charge in [0, 0.05) is 12.1 Å². The third-order valence-electron chi connectivity index (χ3n) is 2.23. The number of hydrogen-bond acceptors (Lipinski definition) is 4. The molecule has 0 unspecified atom stereocenters. The van der Waals surface area contributed by atoms with Crippen LogP contribution in [0.15, 0.2) is 12.1 Å². The second-order valence-corrected chi connectivity index (χ2v) is 4.61. The third-order valence-corrected chi connectivity index (χ3v) is 3.29. The number of benzene rings is 1. The van der Waals surface area contributed by atoms with Gasteiger partial charge in [0.15, 0.2) is 16.8 Å². The number of hydrogen-bond donors (Lipinski definition) is 2. The van der Waals surface area contributed by atoms with Crippen LogP contribution in [0.1, 0.15) is 15.4 Å². The summed E-state index contributed by atoms with van der Waals surface area (Å²) in [6.45, 7) is 1.46. The summed E-state index contributed by atoms with van der Waals surface area (Å²) in [6, 6.07) is 1.04. The molecule has 100 valence electrons. The summed E-state index contributed by atoms with van der Waals surface area (Å²) < 4.78 is 39.5. The fourth-order valence-corrected chi connectivity index (χ4v) is 2.23. The van der Waals surface area contributed by atoms with Crippen molar-refractivity contribution >= 4 is 28.1 Å². The molecule has 1 heterocycles. The lowest BCUT2D eigenvalue weighted by Gasteiger charge is -2.05. The van der Waals surface area contributed by atoms with E-state index in [1.54, 1.807) is 0 Å². The number of rotatable bonds is 3. The van der Waals surface area contributed by atoms with Crippen LogP contribution < -0.4 is 5.32 Å². The lowest BCUT2D eigenvalue weighted by Crippen LogP contribution is -1.98. The summed E-state index contributed by atoms with van der Waals surface area (Å²) in [4.78, 5) is 14.6. The van der Waals surface area contributed by atoms with Gasteiger partial charge in [-0.1, -0.05) is 11.3 Å². The van der Waals surface area contributed by atoms with Gasteiger partial charge in [0.1, 0.15) is 16.4 Å². The highest BCUT2D eigenvalue weighted by atomic mass is 32.1. The van der Waals surface area contributed by atoms with Gasteiger partial charge in [0.2, 0.25) is 0 Å². The van der Waals surface area contributed by atoms with E-state index in [2.05, 4.69) is 10.3 Å². The fourth-order valence-electron chi connectivity index (χ4n) is 1.42. The maximum atomic E-state index is 13.4. The molecule has 0 aliphatic heterocycles. The molecule has 2 N–H and O–H groups in total. The second kappa shape index (κ2) is 4.88. The molecule has 0 aliphatic carbocycles. The number of carboxylic acids is 1. The van der Waals surface area contributed by atoms with Crippen molar-refractivity contribution in [1.82, 2.24) is 4.98 Å². The molecule has 0 saturated carbocycles. The first kappa shape index (κ1) is 13.3. The van der Waals surface area contributed by atoms with Crippen LogP contribution in [0.3, 0.4) is 0 Å². The van der Waals surface area contributed by atoms with Gasteiger partial charge < -0.3 is 10.4 Å². The zero-order valence-electron chi connectivity index (χ0n) is 9.50. The molecule has 8 heteroatoms. The molecule has 0 saturated heterocycles. The molecule has 0 atom stereocenters. The zero-order chi connectivity index (χ0) is 14.2. The van der Waals surface area contributed by atoms with Crippen LogP contribution in [0.4, 0.5) is 24.0 Å². The summed E-state index contributed by atoms with van der Waals surface area (Å²) >= 11 is 0.735. The Hall–Kier alpha value is -2.09. The highest BCUT2D eigenvalue weighted by Gasteiger charge is 2.17. The number of anilines is 2. The first-order valence-electron chi connectivity index (χ1n) is 5.00. The minimum absolute atomic E-state index is 0.0132. The third kappa shape index (κ3) is 2.68. The topological polar surface area (TPSA) is 62.2 Å². The maximum absolute atomic E-state index is 13.4. The van der Waals surface area contributed by atoms with Crippen molar-refractivity contribution in [3.63, 3.8) is 0 Å². The van der Waals surface area contributed by atoms with Crippen molar-refractivity contribution in [3.05, 3.63) is 40.2 Å². The van der Waals surface area contributed by atoms with Crippen molar-refractivity contribution in [1.29, 1.82) is 0 Å². The van der Waals surface area contributed by atoms with E-state index >= 15 is 0 Å². The van der Waals surface area contributed by atoms with Gasteiger partial charge in [-0.25, -0.2) is 22.9 Å². The van der Waals surface area contributed by atoms with Crippen LogP contribution in [-0.4, -0.2) is 16.1 Å². The van der Waals surface area contributed by atoms with Crippen molar-refractivity contribution in [2.45, 2.75) is 6.92 Å². The van der Waals surface area contributed by atoms with Crippen LogP contribution in [0.5, 0.6) is 0 Å². The van der Waals surface area contributed by atoms with Crippen molar-refractivity contribution in [2.24, 2.45) is 0 Å². The van der Waals surface area contributed by atoms with E-state index in [0.717, 1.165) is 11.3 Å². The van der Waals surface area contributed by atoms with Gasteiger partial charge in [0.25, 0.3) is 0 Å². The molecule has 0 amide bonds. The maximum Gasteiger partial charge on any atom is 0.347 e. The van der Waals surface area contributed by atoms with E-state index < -0.39 is 29.1 Å². The predicted octanol–water partition coefficient (Wildman–Crippen LogP) is 3.31. The number of carbonyl (C=O) groups is 1. The Balaban J connectivity index is 2.37. The Morgan fingerprint density at radius 1 is 1.32 bits per heavy atom. The Morgan fingerprint density at radius 2 is 1.89 bits per heavy atom. The van der Waals surface area contributed by atoms with Crippen LogP contribution in [0.25, 0.3) is 0 Å². The Morgan fingerprint density at radius 3 is 2.37 bits per heavy atom. The standard InChI is InChI=1S/C11H7F3N2O2S/c1-4-9(10(17)18)19-11(15-4)16-8-6(13)2-5(12)3-7(8)14/h2-3H,1H3,(H,15,16)(H,17,18). The normalized spacial score (nSPS) is 10.5. The van der Waals surface area contributed by atoms with E-state index in [9.17, 15) is 18.0 Å². The summed E-state index contributed by atoms with van der Waals surface area (Å²) in [5, 5.41) is 11.2. The average Bonchev–Trinajstić information content (AvgIpc) is 2.65. The minimum Gasteiger partial charge on any atom is -0.477 e.